The van der Waals surface area contributed by atoms with Crippen LogP contribution in [0.2, 0.25) is 0 Å². The minimum Gasteiger partial charge on any atom is -0.309 e. The summed E-state index contributed by atoms with van der Waals surface area (Å²) in [6.45, 7) is 0. The molecule has 6 heteroatoms. The average Bonchev–Trinajstić information content (AvgIpc) is 3.86. The summed E-state index contributed by atoms with van der Waals surface area (Å²) in [6, 6.07) is 56.0. The Labute approximate surface area is 300 Å². The molecule has 0 radical (unpaired) electrons. The summed E-state index contributed by atoms with van der Waals surface area (Å²) >= 11 is 3.68. The minimum atomic E-state index is 0.670. The van der Waals surface area contributed by atoms with Crippen LogP contribution in [-0.4, -0.2) is 19.5 Å². The van der Waals surface area contributed by atoms with E-state index in [-0.39, 0.29) is 0 Å². The molecule has 0 aliphatic heterocycles. The molecule has 0 saturated heterocycles. The van der Waals surface area contributed by atoms with Crippen LogP contribution in [0.5, 0.6) is 0 Å². The second-order valence-electron chi connectivity index (χ2n) is 12.8. The number of para-hydroxylation sites is 2. The Kier molecular flexibility index (Phi) is 6.26. The van der Waals surface area contributed by atoms with Crippen LogP contribution in [0.25, 0.3) is 102 Å². The fraction of sp³-hybridized carbons (Fsp3) is 0. The van der Waals surface area contributed by atoms with Crippen molar-refractivity contribution in [1.82, 2.24) is 19.5 Å². The zero-order valence-electron chi connectivity index (χ0n) is 27.1. The zero-order chi connectivity index (χ0) is 33.5. The lowest BCUT2D eigenvalue weighted by Gasteiger charge is -2.09. The molecule has 11 rings (SSSR count). The van der Waals surface area contributed by atoms with Gasteiger partial charge in [0.15, 0.2) is 17.5 Å². The molecule has 0 aliphatic carbocycles. The molecule has 0 amide bonds. The SMILES string of the molecule is c1ccc(-c2nc(-c3ccccc3)nc(-c3cccc4c3sc3cc5sc6ccc(-n7c8ccccc8c8ccccc87)cc6c5cc34)n2)cc1. The number of nitrogens with zero attached hydrogens (tertiary/aromatic N) is 4. The van der Waals surface area contributed by atoms with E-state index >= 15 is 0 Å². The number of hydrogen-bond acceptors (Lipinski definition) is 5. The van der Waals surface area contributed by atoms with Gasteiger partial charge in [0.1, 0.15) is 0 Å². The first-order chi connectivity index (χ1) is 25.3. The Morgan fingerprint density at radius 1 is 0.373 bits per heavy atom. The average molecular weight is 687 g/mol. The first-order valence-electron chi connectivity index (χ1n) is 16.9. The molecule has 4 nitrogen and oxygen atoms in total. The van der Waals surface area contributed by atoms with Gasteiger partial charge in [-0.15, -0.1) is 22.7 Å². The molecular formula is C45H26N4S2. The van der Waals surface area contributed by atoms with Crippen molar-refractivity contribution in [3.05, 3.63) is 158 Å². The summed E-state index contributed by atoms with van der Waals surface area (Å²) in [7, 11) is 0. The fourth-order valence-corrected chi connectivity index (χ4v) is 9.92. The maximum absolute atomic E-state index is 5.07. The standard InChI is InChI=1S/C45H26N4S2/c1-3-12-27(13-4-1)43-46-44(28-14-5-2-6-15-28)48-45(47-43)33-19-11-18-32-35-25-36-34-24-29(22-23-39(34)50-40(36)26-41(35)51-42(32)33)49-37-20-9-7-16-30(37)31-17-8-10-21-38(31)49/h1-26H. The van der Waals surface area contributed by atoms with Gasteiger partial charge in [0, 0.05) is 73.5 Å². The van der Waals surface area contributed by atoms with E-state index in [4.69, 9.17) is 15.0 Å². The molecule has 51 heavy (non-hydrogen) atoms. The van der Waals surface area contributed by atoms with Crippen molar-refractivity contribution in [3.63, 3.8) is 0 Å². The molecule has 4 heterocycles. The Balaban J connectivity index is 1.11. The summed E-state index contributed by atoms with van der Waals surface area (Å²) in [5.74, 6) is 2.02. The van der Waals surface area contributed by atoms with Crippen LogP contribution in [0.4, 0.5) is 0 Å². The fourth-order valence-electron chi connectivity index (χ4n) is 7.50. The quantitative estimate of drug-likeness (QED) is 0.185. The minimum absolute atomic E-state index is 0.670. The Morgan fingerprint density at radius 2 is 0.922 bits per heavy atom. The Morgan fingerprint density at radius 3 is 1.61 bits per heavy atom. The first kappa shape index (κ1) is 28.6. The van der Waals surface area contributed by atoms with E-state index in [1.165, 1.54) is 67.8 Å². The van der Waals surface area contributed by atoms with E-state index in [0.29, 0.717) is 17.5 Å². The Bertz CT molecular complexity index is 3030. The summed E-state index contributed by atoms with van der Waals surface area (Å²) < 4.78 is 7.44. The lowest BCUT2D eigenvalue weighted by molar-refractivity contribution is 1.08. The van der Waals surface area contributed by atoms with Crippen LogP contribution in [-0.2, 0) is 0 Å². The molecule has 0 atom stereocenters. The molecular weight excluding hydrogens is 661 g/mol. The van der Waals surface area contributed by atoms with E-state index < -0.39 is 0 Å². The van der Waals surface area contributed by atoms with Gasteiger partial charge in [-0.25, -0.2) is 15.0 Å². The lowest BCUT2D eigenvalue weighted by atomic mass is 10.1. The van der Waals surface area contributed by atoms with Crippen molar-refractivity contribution < 1.29 is 0 Å². The highest BCUT2D eigenvalue weighted by molar-refractivity contribution is 7.28. The van der Waals surface area contributed by atoms with Crippen molar-refractivity contribution >= 4 is 84.8 Å². The molecule has 0 fully saturated rings. The summed E-state index contributed by atoms with van der Waals surface area (Å²) in [5, 5.41) is 7.59. The number of benzene rings is 7. The summed E-state index contributed by atoms with van der Waals surface area (Å²) in [4.78, 5) is 15.1. The van der Waals surface area contributed by atoms with Gasteiger partial charge in [-0.3, -0.25) is 0 Å². The normalized spacial score (nSPS) is 11.9. The van der Waals surface area contributed by atoms with E-state index in [9.17, 15) is 0 Å². The number of aromatic nitrogens is 4. The second kappa shape index (κ2) is 11.2. The third-order valence-corrected chi connectivity index (χ3v) is 12.2. The molecule has 0 spiro atoms. The molecule has 4 aromatic heterocycles. The van der Waals surface area contributed by atoms with Crippen LogP contribution in [0.3, 0.4) is 0 Å². The van der Waals surface area contributed by atoms with Gasteiger partial charge < -0.3 is 4.57 Å². The van der Waals surface area contributed by atoms with E-state index in [1.54, 1.807) is 0 Å². The molecule has 238 valence electrons. The largest absolute Gasteiger partial charge is 0.309 e. The number of rotatable bonds is 4. The smallest absolute Gasteiger partial charge is 0.165 e. The van der Waals surface area contributed by atoms with E-state index in [0.717, 1.165) is 16.7 Å². The summed E-state index contributed by atoms with van der Waals surface area (Å²) in [6.07, 6.45) is 0. The molecule has 0 aliphatic rings. The van der Waals surface area contributed by atoms with E-state index in [2.05, 4.69) is 126 Å². The predicted molar refractivity (Wildman–Crippen MR) is 216 cm³/mol. The van der Waals surface area contributed by atoms with Crippen LogP contribution in [0, 0.1) is 0 Å². The second-order valence-corrected chi connectivity index (χ2v) is 15.0. The van der Waals surface area contributed by atoms with Crippen LogP contribution < -0.4 is 0 Å². The maximum atomic E-state index is 5.07. The number of thiophene rings is 2. The van der Waals surface area contributed by atoms with Gasteiger partial charge >= 0.3 is 0 Å². The molecule has 0 bridgehead atoms. The first-order valence-corrected chi connectivity index (χ1v) is 18.6. The van der Waals surface area contributed by atoms with Crippen molar-refractivity contribution in [2.75, 3.05) is 0 Å². The zero-order valence-corrected chi connectivity index (χ0v) is 28.7. The topological polar surface area (TPSA) is 43.6 Å². The van der Waals surface area contributed by atoms with Crippen LogP contribution in [0.1, 0.15) is 0 Å². The van der Waals surface area contributed by atoms with Gasteiger partial charge in [-0.05, 0) is 48.5 Å². The summed E-state index contributed by atoms with van der Waals surface area (Å²) in [5.41, 5.74) is 6.58. The van der Waals surface area contributed by atoms with Crippen molar-refractivity contribution in [1.29, 1.82) is 0 Å². The monoisotopic (exact) mass is 686 g/mol. The number of fused-ring (bicyclic) bond motifs is 9. The van der Waals surface area contributed by atoms with Crippen molar-refractivity contribution in [2.45, 2.75) is 0 Å². The van der Waals surface area contributed by atoms with Crippen LogP contribution >= 0.6 is 22.7 Å². The highest BCUT2D eigenvalue weighted by Gasteiger charge is 2.19. The van der Waals surface area contributed by atoms with Gasteiger partial charge in [0.2, 0.25) is 0 Å². The van der Waals surface area contributed by atoms with Gasteiger partial charge in [-0.1, -0.05) is 109 Å². The maximum Gasteiger partial charge on any atom is 0.165 e. The Hall–Kier alpha value is -6.21. The highest BCUT2D eigenvalue weighted by Crippen LogP contribution is 2.45. The van der Waals surface area contributed by atoms with Crippen LogP contribution in [0.15, 0.2) is 158 Å². The third kappa shape index (κ3) is 4.47. The molecule has 0 saturated carbocycles. The molecule has 0 unspecified atom stereocenters. The predicted octanol–water partition coefficient (Wildman–Crippen LogP) is 12.7. The number of hydrogen-bond donors (Lipinski definition) is 0. The highest BCUT2D eigenvalue weighted by atomic mass is 32.1. The van der Waals surface area contributed by atoms with Crippen molar-refractivity contribution in [3.8, 4) is 39.9 Å². The lowest BCUT2D eigenvalue weighted by Crippen LogP contribution is -2.00. The van der Waals surface area contributed by atoms with Gasteiger partial charge in [0.05, 0.1) is 11.0 Å². The molecule has 7 aromatic carbocycles. The third-order valence-electron chi connectivity index (χ3n) is 9.85. The van der Waals surface area contributed by atoms with Gasteiger partial charge in [-0.2, -0.15) is 0 Å². The van der Waals surface area contributed by atoms with Gasteiger partial charge in [0.25, 0.3) is 0 Å². The molecule has 0 N–H and O–H groups in total. The molecule has 11 aromatic rings. The van der Waals surface area contributed by atoms with Crippen molar-refractivity contribution in [2.24, 2.45) is 0 Å². The van der Waals surface area contributed by atoms with E-state index in [1.807, 2.05) is 59.1 Å².